The number of carbonyl (C=O) groups is 2. The van der Waals surface area contributed by atoms with E-state index in [-0.39, 0.29) is 5.91 Å². The molecule has 0 aliphatic carbocycles. The maximum absolute atomic E-state index is 13.6. The molecule has 0 saturated carbocycles. The molecule has 0 bridgehead atoms. The highest BCUT2D eigenvalue weighted by Gasteiger charge is 2.37. The zero-order valence-corrected chi connectivity index (χ0v) is 19.2. The van der Waals surface area contributed by atoms with Gasteiger partial charge in [0.15, 0.2) is 0 Å². The summed E-state index contributed by atoms with van der Waals surface area (Å²) in [6.07, 6.45) is 2.65. The Morgan fingerprint density at radius 1 is 1.12 bits per heavy atom. The van der Waals surface area contributed by atoms with E-state index in [0.29, 0.717) is 12.1 Å². The van der Waals surface area contributed by atoms with Crippen molar-refractivity contribution in [3.63, 3.8) is 0 Å². The first-order chi connectivity index (χ1) is 15.6. The molecular weight excluding hydrogens is 424 g/mol. The number of nitrogens with one attached hydrogen (secondary N) is 3. The van der Waals surface area contributed by atoms with Crippen LogP contribution in [0.3, 0.4) is 0 Å². The van der Waals surface area contributed by atoms with E-state index in [9.17, 15) is 9.59 Å². The molecule has 0 spiro atoms. The van der Waals surface area contributed by atoms with Crippen molar-refractivity contribution in [3.8, 4) is 0 Å². The third-order valence-electron chi connectivity index (χ3n) is 6.86. The maximum atomic E-state index is 13.6. The van der Waals surface area contributed by atoms with Crippen molar-refractivity contribution in [2.75, 3.05) is 50.1 Å². The zero-order chi connectivity index (χ0) is 22.1. The van der Waals surface area contributed by atoms with E-state index in [2.05, 4.69) is 11.4 Å². The summed E-state index contributed by atoms with van der Waals surface area (Å²) in [5, 5.41) is 2.72. The molecule has 3 heterocycles. The predicted molar refractivity (Wildman–Crippen MR) is 124 cm³/mol. The van der Waals surface area contributed by atoms with Crippen LogP contribution in [0.2, 0.25) is 0 Å². The molecule has 5 rings (SSSR count). The van der Waals surface area contributed by atoms with E-state index in [1.807, 2.05) is 41.3 Å². The minimum Gasteiger partial charge on any atom is -0.453 e. The standard InChI is InChI=1S/C24H28N4O3S/c1-31-24(30)25-17-8-9-22-20(15-17)28(19-6-2-3-7-21(19)32-22)23(29)10-12-26-13-14-27-11-4-5-18(27)16-26/h2-3,6-9,15,18H,4-5,10-14,16H2,1H3,(H,25,30)/p+2/t18-/m1/s1. The minimum absolute atomic E-state index is 0.0999. The topological polar surface area (TPSA) is 67.5 Å². The SMILES string of the molecule is COC(=O)Nc1ccc2c(c1)N(C(=O)CC[NH+]1CC[NH+]3CCC[C@@H]3C1)c1ccccc1S2. The molecule has 168 valence electrons. The third kappa shape index (κ3) is 4.22. The summed E-state index contributed by atoms with van der Waals surface area (Å²) in [5.74, 6) is 0.0999. The van der Waals surface area contributed by atoms with Gasteiger partial charge in [-0.05, 0) is 30.3 Å². The van der Waals surface area contributed by atoms with Crippen molar-refractivity contribution in [1.82, 2.24) is 0 Å². The van der Waals surface area contributed by atoms with Crippen LogP contribution in [0.5, 0.6) is 0 Å². The first kappa shape index (κ1) is 21.3. The number of rotatable bonds is 4. The monoisotopic (exact) mass is 454 g/mol. The molecule has 2 saturated heterocycles. The Morgan fingerprint density at radius 3 is 2.84 bits per heavy atom. The van der Waals surface area contributed by atoms with Gasteiger partial charge in [-0.1, -0.05) is 23.9 Å². The molecule has 7 nitrogen and oxygen atoms in total. The number of hydrogen-bond acceptors (Lipinski definition) is 4. The fraction of sp³-hybridized carbons (Fsp3) is 0.417. The highest BCUT2D eigenvalue weighted by atomic mass is 32.2. The van der Waals surface area contributed by atoms with Crippen molar-refractivity contribution < 1.29 is 24.1 Å². The molecular formula is C24H30N4O3S+2. The van der Waals surface area contributed by atoms with Crippen LogP contribution in [0.25, 0.3) is 0 Å². The average molecular weight is 455 g/mol. The van der Waals surface area contributed by atoms with Gasteiger partial charge in [-0.2, -0.15) is 0 Å². The van der Waals surface area contributed by atoms with Gasteiger partial charge in [0.1, 0.15) is 25.7 Å². The van der Waals surface area contributed by atoms with Crippen LogP contribution in [0.15, 0.2) is 52.3 Å². The zero-order valence-electron chi connectivity index (χ0n) is 18.4. The number of hydrogen-bond donors (Lipinski definition) is 3. The average Bonchev–Trinajstić information content (AvgIpc) is 3.29. The number of fused-ring (bicyclic) bond motifs is 3. The van der Waals surface area contributed by atoms with E-state index >= 15 is 0 Å². The van der Waals surface area contributed by atoms with Crippen LogP contribution in [0.1, 0.15) is 19.3 Å². The molecule has 2 aromatic rings. The van der Waals surface area contributed by atoms with Gasteiger partial charge in [0.2, 0.25) is 5.91 Å². The van der Waals surface area contributed by atoms with Crippen LogP contribution in [0, 0.1) is 0 Å². The molecule has 32 heavy (non-hydrogen) atoms. The number of nitrogens with zero attached hydrogens (tertiary/aromatic N) is 1. The number of benzene rings is 2. The summed E-state index contributed by atoms with van der Waals surface area (Å²) >= 11 is 1.65. The van der Waals surface area contributed by atoms with Gasteiger partial charge in [-0.15, -0.1) is 0 Å². The van der Waals surface area contributed by atoms with E-state index < -0.39 is 6.09 Å². The van der Waals surface area contributed by atoms with Crippen molar-refractivity contribution in [1.29, 1.82) is 0 Å². The van der Waals surface area contributed by atoms with Crippen LogP contribution in [0.4, 0.5) is 21.9 Å². The Bertz CT molecular complexity index is 1030. The lowest BCUT2D eigenvalue weighted by Crippen LogP contribution is -3.29. The predicted octanol–water partition coefficient (Wildman–Crippen LogP) is 1.33. The second-order valence-corrected chi connectivity index (χ2v) is 9.88. The summed E-state index contributed by atoms with van der Waals surface area (Å²) in [7, 11) is 1.34. The Balaban J connectivity index is 1.36. The Kier molecular flexibility index (Phi) is 6.08. The normalized spacial score (nSPS) is 23.7. The van der Waals surface area contributed by atoms with Gasteiger partial charge >= 0.3 is 6.09 Å². The van der Waals surface area contributed by atoms with Gasteiger partial charge in [-0.25, -0.2) is 4.79 Å². The fourth-order valence-electron chi connectivity index (χ4n) is 5.24. The molecule has 3 aliphatic rings. The van der Waals surface area contributed by atoms with E-state index in [4.69, 9.17) is 4.74 Å². The number of anilines is 3. The molecule has 0 aromatic heterocycles. The number of piperazine rings is 1. The van der Waals surface area contributed by atoms with E-state index in [1.54, 1.807) is 21.6 Å². The summed E-state index contributed by atoms with van der Waals surface area (Å²) in [6.45, 7) is 5.73. The highest BCUT2D eigenvalue weighted by Crippen LogP contribution is 2.49. The summed E-state index contributed by atoms with van der Waals surface area (Å²) in [5.41, 5.74) is 2.33. The van der Waals surface area contributed by atoms with Crippen LogP contribution < -0.4 is 20.0 Å². The second-order valence-electron chi connectivity index (χ2n) is 8.80. The molecule has 2 fully saturated rings. The molecule has 3 atom stereocenters. The maximum Gasteiger partial charge on any atom is 0.411 e. The quantitative estimate of drug-likeness (QED) is 0.652. The van der Waals surface area contributed by atoms with Gasteiger partial charge < -0.3 is 14.5 Å². The van der Waals surface area contributed by atoms with E-state index in [0.717, 1.165) is 40.3 Å². The lowest BCUT2D eigenvalue weighted by molar-refractivity contribution is -1.02. The van der Waals surface area contributed by atoms with Crippen LogP contribution in [-0.4, -0.2) is 57.9 Å². The Morgan fingerprint density at radius 2 is 1.97 bits per heavy atom. The van der Waals surface area contributed by atoms with Crippen LogP contribution in [-0.2, 0) is 9.53 Å². The number of para-hydroxylation sites is 1. The Labute approximate surface area is 192 Å². The first-order valence-electron chi connectivity index (χ1n) is 11.4. The number of amides is 2. The van der Waals surface area contributed by atoms with Crippen molar-refractivity contribution in [2.24, 2.45) is 0 Å². The second kappa shape index (κ2) is 9.13. The van der Waals surface area contributed by atoms with Crippen LogP contribution >= 0.6 is 11.8 Å². The molecule has 3 N–H and O–H groups in total. The minimum atomic E-state index is -0.525. The van der Waals surface area contributed by atoms with Gasteiger partial charge in [0.25, 0.3) is 0 Å². The lowest BCUT2D eigenvalue weighted by Gasteiger charge is -2.34. The van der Waals surface area contributed by atoms with Crippen molar-refractivity contribution in [3.05, 3.63) is 42.5 Å². The van der Waals surface area contributed by atoms with Crippen molar-refractivity contribution >= 4 is 40.8 Å². The molecule has 2 aromatic carbocycles. The Hall–Kier alpha value is -2.55. The van der Waals surface area contributed by atoms with E-state index in [1.165, 1.54) is 39.6 Å². The van der Waals surface area contributed by atoms with Gasteiger partial charge in [0, 0.05) is 28.3 Å². The number of ether oxygens (including phenoxy) is 1. The number of methoxy groups -OCH3 is 1. The van der Waals surface area contributed by atoms with Crippen molar-refractivity contribution in [2.45, 2.75) is 35.1 Å². The molecule has 0 radical (unpaired) electrons. The first-order valence-corrected chi connectivity index (χ1v) is 12.2. The van der Waals surface area contributed by atoms with Gasteiger partial charge in [-0.3, -0.25) is 15.0 Å². The fourth-order valence-corrected chi connectivity index (χ4v) is 6.28. The molecule has 2 unspecified atom stereocenters. The summed E-state index contributed by atoms with van der Waals surface area (Å²) in [4.78, 5) is 32.5. The number of quaternary nitrogens is 2. The third-order valence-corrected chi connectivity index (χ3v) is 7.99. The summed E-state index contributed by atoms with van der Waals surface area (Å²) in [6, 6.07) is 14.4. The van der Waals surface area contributed by atoms with Gasteiger partial charge in [0.05, 0.1) is 38.0 Å². The molecule has 8 heteroatoms. The lowest BCUT2D eigenvalue weighted by atomic mass is 10.1. The molecule has 2 amide bonds. The molecule has 3 aliphatic heterocycles. The highest BCUT2D eigenvalue weighted by molar-refractivity contribution is 7.99. The smallest absolute Gasteiger partial charge is 0.411 e. The summed E-state index contributed by atoms with van der Waals surface area (Å²) < 4.78 is 4.72. The number of carbonyl (C=O) groups excluding carboxylic acids is 2. The largest absolute Gasteiger partial charge is 0.453 e.